The summed E-state index contributed by atoms with van der Waals surface area (Å²) in [6.07, 6.45) is 0. The molecule has 34 heavy (non-hydrogen) atoms. The van der Waals surface area contributed by atoms with Crippen LogP contribution in [0.5, 0.6) is 0 Å². The van der Waals surface area contributed by atoms with Gasteiger partial charge >= 0.3 is 0 Å². The highest BCUT2D eigenvalue weighted by atomic mass is 32.1. The Balaban J connectivity index is 1.39. The lowest BCUT2D eigenvalue weighted by molar-refractivity contribution is 0.633. The van der Waals surface area contributed by atoms with Crippen LogP contribution in [0, 0.1) is 0 Å². The van der Waals surface area contributed by atoms with E-state index < -0.39 is 0 Å². The molecule has 0 N–H and O–H groups in total. The molecule has 0 spiro atoms. The fourth-order valence-corrected chi connectivity index (χ4v) is 6.51. The molecule has 160 valence electrons. The van der Waals surface area contributed by atoms with E-state index in [1.165, 1.54) is 32.3 Å². The smallest absolute Gasteiger partial charge is 0.145 e. The monoisotopic (exact) mass is 472 g/mol. The fourth-order valence-electron chi connectivity index (χ4n) is 5.16. The summed E-state index contributed by atoms with van der Waals surface area (Å²) >= 11 is 3.40. The predicted molar refractivity (Wildman–Crippen MR) is 145 cm³/mol. The Morgan fingerprint density at radius 1 is 0.412 bits per heavy atom. The number of benzene rings is 4. The maximum Gasteiger partial charge on any atom is 0.145 e. The molecule has 0 aliphatic carbocycles. The summed E-state index contributed by atoms with van der Waals surface area (Å²) in [5.74, 6) is 1.86. The van der Waals surface area contributed by atoms with E-state index in [-0.39, 0.29) is 0 Å². The maximum absolute atomic E-state index is 6.18. The number of furan rings is 2. The Kier molecular flexibility index (Phi) is 3.73. The lowest BCUT2D eigenvalue weighted by Gasteiger charge is -2.08. The molecule has 0 aliphatic rings. The van der Waals surface area contributed by atoms with Crippen molar-refractivity contribution in [3.05, 3.63) is 95.7 Å². The van der Waals surface area contributed by atoms with Crippen LogP contribution in [-0.4, -0.2) is 0 Å². The van der Waals surface area contributed by atoms with Gasteiger partial charge < -0.3 is 8.83 Å². The highest BCUT2D eigenvalue weighted by Crippen LogP contribution is 2.41. The summed E-state index contributed by atoms with van der Waals surface area (Å²) < 4.78 is 12.4. The van der Waals surface area contributed by atoms with Crippen LogP contribution < -0.4 is 0 Å². The molecule has 0 aliphatic heterocycles. The third-order valence-electron chi connectivity index (χ3n) is 6.72. The zero-order valence-electron chi connectivity index (χ0n) is 17.9. The van der Waals surface area contributed by atoms with Crippen LogP contribution in [0.25, 0.3) is 75.5 Å². The van der Waals surface area contributed by atoms with Gasteiger partial charge in [-0.3, -0.25) is 0 Å². The second-order valence-corrected chi connectivity index (χ2v) is 10.4. The maximum atomic E-state index is 6.18. The van der Waals surface area contributed by atoms with Crippen molar-refractivity contribution in [2.45, 2.75) is 0 Å². The van der Waals surface area contributed by atoms with Crippen LogP contribution >= 0.6 is 22.7 Å². The van der Waals surface area contributed by atoms with Gasteiger partial charge in [-0.2, -0.15) is 0 Å². The Hall–Kier alpha value is -3.86. The highest BCUT2D eigenvalue weighted by molar-refractivity contribution is 7.13. The minimum Gasteiger partial charge on any atom is -0.455 e. The molecule has 0 saturated heterocycles. The van der Waals surface area contributed by atoms with Gasteiger partial charge in [-0.25, -0.2) is 0 Å². The third kappa shape index (κ3) is 2.55. The highest BCUT2D eigenvalue weighted by Gasteiger charge is 2.15. The molecule has 4 aromatic carbocycles. The summed E-state index contributed by atoms with van der Waals surface area (Å²) in [5.41, 5.74) is 1.86. The average molecular weight is 473 g/mol. The lowest BCUT2D eigenvalue weighted by atomic mass is 9.94. The summed E-state index contributed by atoms with van der Waals surface area (Å²) in [6, 6.07) is 30.3. The quantitative estimate of drug-likeness (QED) is 0.234. The van der Waals surface area contributed by atoms with Crippen molar-refractivity contribution in [1.82, 2.24) is 0 Å². The van der Waals surface area contributed by atoms with Crippen LogP contribution in [0.2, 0.25) is 0 Å². The van der Waals surface area contributed by atoms with E-state index >= 15 is 0 Å². The van der Waals surface area contributed by atoms with Gasteiger partial charge in [-0.05, 0) is 79.5 Å². The van der Waals surface area contributed by atoms with Gasteiger partial charge in [0.05, 0.1) is 9.75 Å². The minimum atomic E-state index is 0.928. The van der Waals surface area contributed by atoms with Crippen LogP contribution in [0.1, 0.15) is 0 Å². The molecular weight excluding hydrogens is 456 g/mol. The zero-order valence-corrected chi connectivity index (χ0v) is 19.5. The van der Waals surface area contributed by atoms with Gasteiger partial charge in [0.1, 0.15) is 22.7 Å². The Labute approximate surface area is 202 Å². The number of hydrogen-bond acceptors (Lipinski definition) is 4. The summed E-state index contributed by atoms with van der Waals surface area (Å²) in [4.78, 5) is 2.31. The van der Waals surface area contributed by atoms with Crippen LogP contribution in [0.3, 0.4) is 0 Å². The average Bonchev–Trinajstić information content (AvgIpc) is 3.68. The number of thiophene rings is 2. The Morgan fingerprint density at radius 3 is 1.18 bits per heavy atom. The van der Waals surface area contributed by atoms with Gasteiger partial charge in [0.2, 0.25) is 0 Å². The molecular formula is C30H16O2S2. The molecule has 8 rings (SSSR count). The van der Waals surface area contributed by atoms with E-state index in [1.807, 2.05) is 0 Å². The lowest BCUT2D eigenvalue weighted by Crippen LogP contribution is -1.82. The van der Waals surface area contributed by atoms with Crippen molar-refractivity contribution >= 4 is 76.9 Å². The van der Waals surface area contributed by atoms with Gasteiger partial charge in [-0.1, -0.05) is 48.5 Å². The topological polar surface area (TPSA) is 26.3 Å². The van der Waals surface area contributed by atoms with E-state index in [4.69, 9.17) is 8.83 Å². The predicted octanol–water partition coefficient (Wildman–Crippen LogP) is 10.1. The van der Waals surface area contributed by atoms with Gasteiger partial charge in [-0.15, -0.1) is 22.7 Å². The van der Waals surface area contributed by atoms with E-state index in [0.29, 0.717) is 0 Å². The molecule has 0 unspecified atom stereocenters. The van der Waals surface area contributed by atoms with Crippen molar-refractivity contribution in [2.75, 3.05) is 0 Å². The first kappa shape index (κ1) is 18.6. The van der Waals surface area contributed by atoms with Crippen molar-refractivity contribution in [1.29, 1.82) is 0 Å². The van der Waals surface area contributed by atoms with Gasteiger partial charge in [0, 0.05) is 10.8 Å². The number of hydrogen-bond donors (Lipinski definition) is 0. The second kappa shape index (κ2) is 6.83. The third-order valence-corrected chi connectivity index (χ3v) is 8.49. The number of rotatable bonds is 2. The van der Waals surface area contributed by atoms with Crippen LogP contribution in [0.15, 0.2) is 105 Å². The molecule has 0 saturated carbocycles. The molecule has 4 aromatic heterocycles. The van der Waals surface area contributed by atoms with Gasteiger partial charge in [0.25, 0.3) is 0 Å². The largest absolute Gasteiger partial charge is 0.455 e. The van der Waals surface area contributed by atoms with Crippen molar-refractivity contribution in [2.24, 2.45) is 0 Å². The Bertz CT molecular complexity index is 1850. The molecule has 0 bridgehead atoms. The van der Waals surface area contributed by atoms with Crippen molar-refractivity contribution in [3.8, 4) is 21.3 Å². The first-order valence-electron chi connectivity index (χ1n) is 11.2. The second-order valence-electron chi connectivity index (χ2n) is 8.55. The SMILES string of the molecule is c1csc(-c2cc3c(ccc4c3ccc3c5ccc6oc(-c7cccs7)cc6c5ccc43)o2)c1. The Morgan fingerprint density at radius 2 is 0.794 bits per heavy atom. The molecule has 4 heteroatoms. The van der Waals surface area contributed by atoms with Crippen LogP contribution in [0.4, 0.5) is 0 Å². The summed E-state index contributed by atoms with van der Waals surface area (Å²) in [6.45, 7) is 0. The summed E-state index contributed by atoms with van der Waals surface area (Å²) in [5, 5.41) is 13.9. The zero-order chi connectivity index (χ0) is 22.2. The van der Waals surface area contributed by atoms with E-state index in [1.54, 1.807) is 22.7 Å². The van der Waals surface area contributed by atoms with Crippen molar-refractivity contribution in [3.63, 3.8) is 0 Å². The van der Waals surface area contributed by atoms with E-state index in [0.717, 1.165) is 43.2 Å². The first-order chi connectivity index (χ1) is 16.8. The molecule has 0 fully saturated rings. The molecule has 8 aromatic rings. The van der Waals surface area contributed by atoms with Crippen molar-refractivity contribution < 1.29 is 8.83 Å². The normalized spacial score (nSPS) is 12.1. The van der Waals surface area contributed by atoms with E-state index in [9.17, 15) is 0 Å². The number of fused-ring (bicyclic) bond motifs is 9. The molecule has 0 atom stereocenters. The fraction of sp³-hybridized carbons (Fsp3) is 0. The molecule has 2 nitrogen and oxygen atoms in total. The summed E-state index contributed by atoms with van der Waals surface area (Å²) in [7, 11) is 0. The van der Waals surface area contributed by atoms with E-state index in [2.05, 4.69) is 95.7 Å². The molecule has 4 heterocycles. The van der Waals surface area contributed by atoms with Gasteiger partial charge in [0.15, 0.2) is 0 Å². The first-order valence-corrected chi connectivity index (χ1v) is 12.9. The minimum absolute atomic E-state index is 0.928. The van der Waals surface area contributed by atoms with Crippen LogP contribution in [-0.2, 0) is 0 Å². The molecule has 0 amide bonds. The molecule has 0 radical (unpaired) electrons. The standard InChI is InChI=1S/C30H16O2S2/c1-3-29(33-13-1)27-15-23-21-7-5-18-17(19(21)9-11-25(23)31-27)6-8-22-20(18)10-12-26-24(22)16-28(32-26)30-4-2-14-34-30/h1-16H.